The largest absolute Gasteiger partial charge is 0.396 e. The van der Waals surface area contributed by atoms with Crippen LogP contribution in [0.4, 0.5) is 5.13 Å². The lowest BCUT2D eigenvalue weighted by Gasteiger charge is -2.44. The van der Waals surface area contributed by atoms with Crippen LogP contribution >= 0.6 is 11.3 Å². The monoisotopic (exact) mass is 299 g/mol. The summed E-state index contributed by atoms with van der Waals surface area (Å²) in [5.74, 6) is -0.208. The van der Waals surface area contributed by atoms with Gasteiger partial charge in [-0.3, -0.25) is 4.79 Å². The minimum absolute atomic E-state index is 0.0479. The summed E-state index contributed by atoms with van der Waals surface area (Å²) in [6, 6.07) is 0. The Morgan fingerprint density at radius 2 is 2.45 bits per heavy atom. The third kappa shape index (κ3) is 2.79. The van der Waals surface area contributed by atoms with Crippen LogP contribution in [-0.4, -0.2) is 51.8 Å². The van der Waals surface area contributed by atoms with E-state index in [1.54, 1.807) is 10.3 Å². The lowest BCUT2D eigenvalue weighted by atomic mass is 9.73. The minimum Gasteiger partial charge on any atom is -0.396 e. The molecule has 1 aromatic rings. The van der Waals surface area contributed by atoms with Crippen molar-refractivity contribution in [2.45, 2.75) is 32.3 Å². The first kappa shape index (κ1) is 15.2. The van der Waals surface area contributed by atoms with E-state index in [0.717, 1.165) is 12.8 Å². The van der Waals surface area contributed by atoms with Crippen LogP contribution < -0.4 is 5.73 Å². The number of carbonyl (C=O) groups excluding carboxylic acids is 1. The molecule has 7 heteroatoms. The molecule has 1 fully saturated rings. The number of aromatic nitrogens is 1. The van der Waals surface area contributed by atoms with Crippen molar-refractivity contribution in [1.82, 2.24) is 9.88 Å². The number of thiazole rings is 1. The van der Waals surface area contributed by atoms with Gasteiger partial charge < -0.3 is 20.8 Å². The number of aliphatic hydroxyl groups is 2. The molecule has 1 amide bonds. The van der Waals surface area contributed by atoms with E-state index in [-0.39, 0.29) is 19.1 Å². The molecule has 1 aliphatic rings. The Balaban J connectivity index is 2.07. The van der Waals surface area contributed by atoms with Crippen molar-refractivity contribution in [1.29, 1.82) is 0 Å². The number of rotatable bonds is 4. The third-order valence-electron chi connectivity index (χ3n) is 4.07. The molecule has 6 nitrogen and oxygen atoms in total. The van der Waals surface area contributed by atoms with E-state index in [4.69, 9.17) is 5.73 Å². The van der Waals surface area contributed by atoms with Crippen molar-refractivity contribution in [3.8, 4) is 0 Å². The number of carbonyl (C=O) groups is 1. The first-order valence-electron chi connectivity index (χ1n) is 6.81. The SMILES string of the molecule is CCC[C@]1(CO)CCN(C(=O)c2csc(N)n2)C[C@H]1O. The summed E-state index contributed by atoms with van der Waals surface area (Å²) < 4.78 is 0. The smallest absolute Gasteiger partial charge is 0.273 e. The maximum Gasteiger partial charge on any atom is 0.273 e. The molecule has 0 bridgehead atoms. The van der Waals surface area contributed by atoms with E-state index in [1.807, 2.05) is 6.92 Å². The summed E-state index contributed by atoms with van der Waals surface area (Å²) in [5.41, 5.74) is 5.38. The number of likely N-dealkylation sites (tertiary alicyclic amines) is 1. The summed E-state index contributed by atoms with van der Waals surface area (Å²) in [6.07, 6.45) is 1.55. The van der Waals surface area contributed by atoms with Crippen LogP contribution in [0.25, 0.3) is 0 Å². The average Bonchev–Trinajstić information content (AvgIpc) is 2.87. The standard InChI is InChI=1S/C13H21N3O3S/c1-2-3-13(8-17)4-5-16(6-10(13)18)11(19)9-7-20-12(14)15-9/h7,10,17-18H,2-6,8H2,1H3,(H2,14,15)/t10-,13-/m1/s1. The maximum atomic E-state index is 12.3. The number of β-amino-alcohol motifs (C(OH)–C–C–N with tert-alkyl or cyclic N) is 1. The van der Waals surface area contributed by atoms with Gasteiger partial charge in [-0.25, -0.2) is 4.98 Å². The summed E-state index contributed by atoms with van der Waals surface area (Å²) in [4.78, 5) is 17.8. The van der Waals surface area contributed by atoms with Gasteiger partial charge in [0.1, 0.15) is 5.69 Å². The second-order valence-corrected chi connectivity index (χ2v) is 6.25. The molecule has 2 heterocycles. The van der Waals surface area contributed by atoms with Gasteiger partial charge in [0.2, 0.25) is 0 Å². The van der Waals surface area contributed by atoms with Crippen molar-refractivity contribution in [3.05, 3.63) is 11.1 Å². The van der Waals surface area contributed by atoms with Gasteiger partial charge in [0.05, 0.1) is 12.7 Å². The first-order chi connectivity index (χ1) is 9.52. The highest BCUT2D eigenvalue weighted by molar-refractivity contribution is 7.13. The topological polar surface area (TPSA) is 99.7 Å². The number of amides is 1. The molecule has 2 rings (SSSR count). The molecule has 0 radical (unpaired) electrons. The van der Waals surface area contributed by atoms with Gasteiger partial charge in [0.15, 0.2) is 5.13 Å². The molecule has 0 unspecified atom stereocenters. The van der Waals surface area contributed by atoms with E-state index in [0.29, 0.717) is 23.8 Å². The van der Waals surface area contributed by atoms with E-state index in [2.05, 4.69) is 4.98 Å². The van der Waals surface area contributed by atoms with Crippen LogP contribution in [-0.2, 0) is 0 Å². The first-order valence-corrected chi connectivity index (χ1v) is 7.69. The van der Waals surface area contributed by atoms with Gasteiger partial charge in [-0.1, -0.05) is 13.3 Å². The Morgan fingerprint density at radius 3 is 2.95 bits per heavy atom. The summed E-state index contributed by atoms with van der Waals surface area (Å²) >= 11 is 1.23. The molecule has 112 valence electrons. The van der Waals surface area contributed by atoms with Crippen molar-refractivity contribution in [2.75, 3.05) is 25.4 Å². The molecule has 4 N–H and O–H groups in total. The number of nitrogens with two attached hydrogens (primary N) is 1. The summed E-state index contributed by atoms with van der Waals surface area (Å²) in [5, 5.41) is 21.9. The molecule has 2 atom stereocenters. The van der Waals surface area contributed by atoms with Gasteiger partial charge in [-0.2, -0.15) is 0 Å². The molecule has 0 saturated carbocycles. The number of nitrogen functional groups attached to an aromatic ring is 1. The van der Waals surface area contributed by atoms with E-state index < -0.39 is 11.5 Å². The molecule has 20 heavy (non-hydrogen) atoms. The molecule has 1 aromatic heterocycles. The van der Waals surface area contributed by atoms with Crippen molar-refractivity contribution in [2.24, 2.45) is 5.41 Å². The predicted molar refractivity (Wildman–Crippen MR) is 77.5 cm³/mol. The molecular weight excluding hydrogens is 278 g/mol. The van der Waals surface area contributed by atoms with Crippen LogP contribution in [0.5, 0.6) is 0 Å². The molecular formula is C13H21N3O3S. The zero-order valence-electron chi connectivity index (χ0n) is 11.6. The Morgan fingerprint density at radius 1 is 1.70 bits per heavy atom. The second kappa shape index (κ2) is 6.07. The number of aliphatic hydroxyl groups excluding tert-OH is 2. The average molecular weight is 299 g/mol. The van der Waals surface area contributed by atoms with Crippen molar-refractivity contribution < 1.29 is 15.0 Å². The maximum absolute atomic E-state index is 12.3. The third-order valence-corrected chi connectivity index (χ3v) is 4.74. The Bertz CT molecular complexity index is 479. The van der Waals surface area contributed by atoms with Gasteiger partial charge in [-0.15, -0.1) is 11.3 Å². The zero-order valence-corrected chi connectivity index (χ0v) is 12.4. The molecule has 1 aliphatic heterocycles. The van der Waals surface area contributed by atoms with E-state index >= 15 is 0 Å². The number of piperidine rings is 1. The zero-order chi connectivity index (χ0) is 14.8. The van der Waals surface area contributed by atoms with Crippen LogP contribution in [0.1, 0.15) is 36.7 Å². The second-order valence-electron chi connectivity index (χ2n) is 5.36. The highest BCUT2D eigenvalue weighted by Crippen LogP contribution is 2.36. The number of nitrogens with zero attached hydrogens (tertiary/aromatic N) is 2. The Hall–Kier alpha value is -1.18. The van der Waals surface area contributed by atoms with E-state index in [9.17, 15) is 15.0 Å². The highest BCUT2D eigenvalue weighted by Gasteiger charge is 2.42. The van der Waals surface area contributed by atoms with E-state index in [1.165, 1.54) is 11.3 Å². The highest BCUT2D eigenvalue weighted by atomic mass is 32.1. The molecule has 0 aliphatic carbocycles. The molecule has 0 aromatic carbocycles. The van der Waals surface area contributed by atoms with Gasteiger partial charge in [0, 0.05) is 23.9 Å². The van der Waals surface area contributed by atoms with Crippen molar-refractivity contribution in [3.63, 3.8) is 0 Å². The predicted octanol–water partition coefficient (Wildman–Crippen LogP) is 0.711. The lowest BCUT2D eigenvalue weighted by molar-refractivity contribution is -0.0714. The van der Waals surface area contributed by atoms with Gasteiger partial charge in [0.25, 0.3) is 5.91 Å². The fraction of sp³-hybridized carbons (Fsp3) is 0.692. The number of anilines is 1. The number of hydrogen-bond acceptors (Lipinski definition) is 6. The fourth-order valence-electron chi connectivity index (χ4n) is 2.80. The minimum atomic E-state index is -0.707. The number of hydrogen-bond donors (Lipinski definition) is 3. The van der Waals surface area contributed by atoms with Crippen LogP contribution in [0.3, 0.4) is 0 Å². The lowest BCUT2D eigenvalue weighted by Crippen LogP contribution is -2.54. The molecule has 0 spiro atoms. The Labute approximate surface area is 122 Å². The van der Waals surface area contributed by atoms with Crippen LogP contribution in [0, 0.1) is 5.41 Å². The Kier molecular flexibility index (Phi) is 4.62. The molecule has 1 saturated heterocycles. The summed E-state index contributed by atoms with van der Waals surface area (Å²) in [7, 11) is 0. The van der Waals surface area contributed by atoms with Crippen LogP contribution in [0.2, 0.25) is 0 Å². The normalized spacial score (nSPS) is 26.8. The van der Waals surface area contributed by atoms with Gasteiger partial charge >= 0.3 is 0 Å². The van der Waals surface area contributed by atoms with Gasteiger partial charge in [-0.05, 0) is 12.8 Å². The summed E-state index contributed by atoms with van der Waals surface area (Å²) in [6.45, 7) is 2.73. The quantitative estimate of drug-likeness (QED) is 0.760. The fourth-order valence-corrected chi connectivity index (χ4v) is 3.34. The van der Waals surface area contributed by atoms with Crippen LogP contribution in [0.15, 0.2) is 5.38 Å². The van der Waals surface area contributed by atoms with Crippen molar-refractivity contribution >= 4 is 22.4 Å².